The second kappa shape index (κ2) is 9.68. The fraction of sp³-hybridized carbons (Fsp3) is 0.350. The number of sulfonamides is 1. The minimum Gasteiger partial charge on any atom is -0.384 e. The number of nitrogens with one attached hydrogen (secondary N) is 2. The van der Waals surface area contributed by atoms with E-state index in [1.165, 1.54) is 12.1 Å². The number of rotatable bonds is 8. The van der Waals surface area contributed by atoms with E-state index < -0.39 is 15.6 Å². The van der Waals surface area contributed by atoms with E-state index in [0.29, 0.717) is 25.5 Å². The molecule has 0 aromatic heterocycles. The number of hydrogen-bond donors (Lipinski definition) is 4. The number of aliphatic imine (C=N–C) groups is 1. The molecule has 7 nitrogen and oxygen atoms in total. The van der Waals surface area contributed by atoms with Gasteiger partial charge < -0.3 is 15.7 Å². The topological polar surface area (TPSA) is 117 Å². The average Bonchev–Trinajstić information content (AvgIpc) is 2.66. The van der Waals surface area contributed by atoms with Crippen LogP contribution in [0, 0.1) is 0 Å². The van der Waals surface area contributed by atoms with E-state index in [-0.39, 0.29) is 11.4 Å². The minimum absolute atomic E-state index is 0.0993. The Bertz CT molecular complexity index is 879. The maximum atomic E-state index is 11.3. The van der Waals surface area contributed by atoms with E-state index in [0.717, 1.165) is 11.1 Å². The summed E-state index contributed by atoms with van der Waals surface area (Å²) in [4.78, 5) is 4.59. The smallest absolute Gasteiger partial charge is 0.238 e. The zero-order valence-electron chi connectivity index (χ0n) is 16.2. The van der Waals surface area contributed by atoms with Gasteiger partial charge in [0.2, 0.25) is 10.0 Å². The number of nitrogens with zero attached hydrogens (tertiary/aromatic N) is 1. The van der Waals surface area contributed by atoms with E-state index in [1.807, 2.05) is 37.3 Å². The lowest BCUT2D eigenvalue weighted by Crippen LogP contribution is -2.39. The Morgan fingerprint density at radius 1 is 1.11 bits per heavy atom. The number of primary sulfonamides is 1. The van der Waals surface area contributed by atoms with E-state index in [9.17, 15) is 13.5 Å². The number of nitrogens with two attached hydrogens (primary N) is 1. The Hall–Kier alpha value is -2.42. The van der Waals surface area contributed by atoms with Crippen LogP contribution in [0.25, 0.3) is 0 Å². The Morgan fingerprint density at radius 3 is 2.32 bits per heavy atom. The highest BCUT2D eigenvalue weighted by atomic mass is 32.2. The Morgan fingerprint density at radius 2 is 1.75 bits per heavy atom. The molecule has 0 radical (unpaired) electrons. The van der Waals surface area contributed by atoms with Gasteiger partial charge in [0.05, 0.1) is 11.4 Å². The molecule has 0 bridgehead atoms. The second-order valence-electron chi connectivity index (χ2n) is 6.70. The van der Waals surface area contributed by atoms with Gasteiger partial charge in [-0.1, -0.05) is 42.5 Å². The van der Waals surface area contributed by atoms with Crippen molar-refractivity contribution in [1.82, 2.24) is 10.6 Å². The summed E-state index contributed by atoms with van der Waals surface area (Å²) < 4.78 is 22.6. The van der Waals surface area contributed by atoms with Gasteiger partial charge in [-0.05, 0) is 43.5 Å². The molecule has 2 aromatic rings. The molecular weight excluding hydrogens is 376 g/mol. The van der Waals surface area contributed by atoms with Crippen molar-refractivity contribution in [2.45, 2.75) is 30.8 Å². The Kier molecular flexibility index (Phi) is 7.56. The maximum absolute atomic E-state index is 11.3. The standard InChI is InChI=1S/C20H28N4O3S/c1-3-22-19(24-15-20(2,25)17-7-5-4-6-8-17)23-14-13-16-9-11-18(12-10-16)28(21,26)27/h4-12,25H,3,13-15H2,1-2H3,(H2,21,26,27)(H2,22,23,24). The van der Waals surface area contributed by atoms with Crippen molar-refractivity contribution in [3.63, 3.8) is 0 Å². The molecule has 0 saturated heterocycles. The van der Waals surface area contributed by atoms with Crippen molar-refractivity contribution < 1.29 is 13.5 Å². The molecule has 28 heavy (non-hydrogen) atoms. The van der Waals surface area contributed by atoms with Gasteiger partial charge in [-0.15, -0.1) is 0 Å². The molecule has 0 aliphatic carbocycles. The first-order valence-corrected chi connectivity index (χ1v) is 10.7. The van der Waals surface area contributed by atoms with Gasteiger partial charge in [0.15, 0.2) is 5.96 Å². The molecule has 0 spiro atoms. The zero-order chi connectivity index (χ0) is 20.6. The number of guanidine groups is 1. The van der Waals surface area contributed by atoms with E-state index in [2.05, 4.69) is 15.6 Å². The third-order valence-corrected chi connectivity index (χ3v) is 5.17. The van der Waals surface area contributed by atoms with Crippen molar-refractivity contribution >= 4 is 16.0 Å². The minimum atomic E-state index is -3.67. The molecule has 0 fully saturated rings. The average molecular weight is 405 g/mol. The molecule has 2 rings (SSSR count). The van der Waals surface area contributed by atoms with Crippen molar-refractivity contribution in [2.24, 2.45) is 10.1 Å². The lowest BCUT2D eigenvalue weighted by molar-refractivity contribution is 0.0672. The first-order chi connectivity index (χ1) is 13.2. The van der Waals surface area contributed by atoms with Crippen molar-refractivity contribution in [3.05, 3.63) is 65.7 Å². The summed E-state index contributed by atoms with van der Waals surface area (Å²) in [6.07, 6.45) is 0.685. The fourth-order valence-electron chi connectivity index (χ4n) is 2.63. The van der Waals surface area contributed by atoms with Gasteiger partial charge >= 0.3 is 0 Å². The molecular formula is C20H28N4O3S. The molecule has 0 heterocycles. The van der Waals surface area contributed by atoms with E-state index >= 15 is 0 Å². The van der Waals surface area contributed by atoms with Crippen LogP contribution in [0.3, 0.4) is 0 Å². The molecule has 5 N–H and O–H groups in total. The van der Waals surface area contributed by atoms with Gasteiger partial charge in [0.25, 0.3) is 0 Å². The fourth-order valence-corrected chi connectivity index (χ4v) is 3.15. The molecule has 152 valence electrons. The summed E-state index contributed by atoms with van der Waals surface area (Å²) in [7, 11) is -3.67. The Labute approximate surface area is 166 Å². The predicted octanol–water partition coefficient (Wildman–Crippen LogP) is 1.34. The normalized spacial score (nSPS) is 14.4. The summed E-state index contributed by atoms with van der Waals surface area (Å²) in [5.74, 6) is 0.611. The van der Waals surface area contributed by atoms with Crippen LogP contribution < -0.4 is 15.8 Å². The summed E-state index contributed by atoms with van der Waals surface area (Å²) in [5, 5.41) is 22.2. The molecule has 0 amide bonds. The van der Waals surface area contributed by atoms with Crippen LogP contribution in [-0.2, 0) is 22.0 Å². The predicted molar refractivity (Wildman–Crippen MR) is 112 cm³/mol. The monoisotopic (exact) mass is 404 g/mol. The molecule has 0 aliphatic rings. The van der Waals surface area contributed by atoms with Crippen LogP contribution in [0.4, 0.5) is 0 Å². The van der Waals surface area contributed by atoms with Crippen molar-refractivity contribution in [1.29, 1.82) is 0 Å². The number of benzene rings is 2. The number of hydrogen-bond acceptors (Lipinski definition) is 4. The van der Waals surface area contributed by atoms with Gasteiger partial charge in [-0.3, -0.25) is 0 Å². The van der Waals surface area contributed by atoms with Gasteiger partial charge in [0.1, 0.15) is 5.60 Å². The SMILES string of the molecule is CCNC(=NCC(C)(O)c1ccccc1)NCCc1ccc(S(N)(=O)=O)cc1. The molecule has 1 unspecified atom stereocenters. The highest BCUT2D eigenvalue weighted by Gasteiger charge is 2.22. The maximum Gasteiger partial charge on any atom is 0.238 e. The third kappa shape index (κ3) is 6.63. The van der Waals surface area contributed by atoms with Gasteiger partial charge in [-0.25, -0.2) is 18.5 Å². The van der Waals surface area contributed by atoms with Crippen molar-refractivity contribution in [2.75, 3.05) is 19.6 Å². The van der Waals surface area contributed by atoms with Crippen LogP contribution in [0.15, 0.2) is 64.5 Å². The van der Waals surface area contributed by atoms with Crippen LogP contribution in [0.1, 0.15) is 25.0 Å². The quantitative estimate of drug-likeness (QED) is 0.391. The largest absolute Gasteiger partial charge is 0.384 e. The highest BCUT2D eigenvalue weighted by Crippen LogP contribution is 2.20. The van der Waals surface area contributed by atoms with Crippen LogP contribution in [0.5, 0.6) is 0 Å². The van der Waals surface area contributed by atoms with Crippen LogP contribution in [0.2, 0.25) is 0 Å². The lowest BCUT2D eigenvalue weighted by atomic mass is 9.96. The molecule has 8 heteroatoms. The first-order valence-electron chi connectivity index (χ1n) is 9.14. The third-order valence-electron chi connectivity index (χ3n) is 4.24. The molecule has 0 saturated carbocycles. The van der Waals surface area contributed by atoms with Gasteiger partial charge in [0, 0.05) is 13.1 Å². The van der Waals surface area contributed by atoms with Gasteiger partial charge in [-0.2, -0.15) is 0 Å². The summed E-state index contributed by atoms with van der Waals surface area (Å²) >= 11 is 0. The molecule has 2 aromatic carbocycles. The first kappa shape index (κ1) is 21.9. The lowest BCUT2D eigenvalue weighted by Gasteiger charge is -2.22. The second-order valence-corrected chi connectivity index (χ2v) is 8.26. The Balaban J connectivity index is 1.94. The summed E-state index contributed by atoms with van der Waals surface area (Å²) in [6.45, 7) is 5.23. The van der Waals surface area contributed by atoms with E-state index in [4.69, 9.17) is 5.14 Å². The summed E-state index contributed by atoms with van der Waals surface area (Å²) in [5.41, 5.74) is 0.726. The van der Waals surface area contributed by atoms with Crippen LogP contribution >= 0.6 is 0 Å². The number of aliphatic hydroxyl groups is 1. The van der Waals surface area contributed by atoms with Crippen molar-refractivity contribution in [3.8, 4) is 0 Å². The molecule has 1 atom stereocenters. The van der Waals surface area contributed by atoms with Crippen LogP contribution in [-0.4, -0.2) is 39.1 Å². The highest BCUT2D eigenvalue weighted by molar-refractivity contribution is 7.89. The molecule has 0 aliphatic heterocycles. The van der Waals surface area contributed by atoms with E-state index in [1.54, 1.807) is 19.1 Å². The summed E-state index contributed by atoms with van der Waals surface area (Å²) in [6, 6.07) is 15.9. The zero-order valence-corrected chi connectivity index (χ0v) is 17.0.